The maximum atomic E-state index is 9.09. The smallest absolute Gasteiger partial charge is 0.763 e. The maximum Gasteiger partial charge on any atom is 1.00 e. The van der Waals surface area contributed by atoms with E-state index in [0.29, 0.717) is 0 Å². The van der Waals surface area contributed by atoms with E-state index in [1.165, 1.54) is 0 Å². The second-order valence-corrected chi connectivity index (χ2v) is 2.86. The van der Waals surface area contributed by atoms with E-state index in [-0.39, 0.29) is 48.4 Å². The zero-order valence-electron chi connectivity index (χ0n) is 4.45. The first-order valence-electron chi connectivity index (χ1n) is 0.833. The molecule has 0 spiro atoms. The Bertz CT molecular complexity index is 80.0. The number of rotatable bonds is 1. The van der Waals surface area contributed by atoms with Gasteiger partial charge in [-0.2, -0.15) is 0 Å². The molecule has 0 aromatic carbocycles. The molecule has 4 nitrogen and oxygen atoms in total. The van der Waals surface area contributed by atoms with Crippen LogP contribution in [0.15, 0.2) is 0 Å². The summed E-state index contributed by atoms with van der Waals surface area (Å²) in [4.78, 5) is 0. The van der Waals surface area contributed by atoms with E-state index < -0.39 is 20.2 Å². The van der Waals surface area contributed by atoms with Crippen LogP contribution in [-0.2, 0) is 20.2 Å². The first kappa shape index (κ1) is 16.4. The van der Waals surface area contributed by atoms with Crippen LogP contribution in [0.2, 0.25) is 0 Å². The second-order valence-electron chi connectivity index (χ2n) is 0.408. The summed E-state index contributed by atoms with van der Waals surface area (Å²) in [6.07, 6.45) is 0. The minimum atomic E-state index is -2.95. The van der Waals surface area contributed by atoms with Gasteiger partial charge in [-0.1, -0.05) is 0 Å². The minimum absolute atomic E-state index is 0. The van der Waals surface area contributed by atoms with E-state index in [4.69, 9.17) is 17.5 Å². The second kappa shape index (κ2) is 8.82. The van der Waals surface area contributed by atoms with Crippen molar-refractivity contribution in [1.29, 1.82) is 0 Å². The summed E-state index contributed by atoms with van der Waals surface area (Å²) < 4.78 is 36.3. The Morgan fingerprint density at radius 1 is 1.00 bits per heavy atom. The molecule has 2 unspecified atom stereocenters. The molecule has 8 heavy (non-hydrogen) atoms. The molecule has 0 aromatic rings. The Morgan fingerprint density at radius 2 is 1.12 bits per heavy atom. The van der Waals surface area contributed by atoms with E-state index in [0.717, 1.165) is 0 Å². The monoisotopic (exact) mass is 158 g/mol. The predicted molar refractivity (Wildman–Crippen MR) is 17.8 cm³/mol. The van der Waals surface area contributed by atoms with Crippen LogP contribution >= 0.6 is 0 Å². The zero-order valence-corrected chi connectivity index (χ0v) is 8.08. The first-order chi connectivity index (χ1) is 2.64. The van der Waals surface area contributed by atoms with Crippen LogP contribution in [0, 0.1) is 0 Å². The van der Waals surface area contributed by atoms with Gasteiger partial charge >= 0.3 is 48.4 Å². The normalized spacial score (nSPS) is 14.8. The van der Waals surface area contributed by atoms with E-state index >= 15 is 0 Å². The molecule has 0 aromatic heterocycles. The van der Waals surface area contributed by atoms with Crippen molar-refractivity contribution in [3.63, 3.8) is 0 Å². The third kappa shape index (κ3) is 10.7. The topological polar surface area (TPSA) is 80.3 Å². The van der Waals surface area contributed by atoms with Crippen molar-refractivity contribution in [2.24, 2.45) is 0 Å². The van der Waals surface area contributed by atoms with E-state index in [2.05, 4.69) is 0 Å². The SMILES string of the molecule is O=S([O-])S(=O)[O-].[Li+].[Na+]. The summed E-state index contributed by atoms with van der Waals surface area (Å²) >= 11 is 0. The van der Waals surface area contributed by atoms with Crippen LogP contribution < -0.4 is 48.4 Å². The Kier molecular flexibility index (Phi) is 18.1. The van der Waals surface area contributed by atoms with Gasteiger partial charge in [0.1, 0.15) is 0 Å². The summed E-state index contributed by atoms with van der Waals surface area (Å²) in [6.45, 7) is 0. The molecular weight excluding hydrogens is 158 g/mol. The van der Waals surface area contributed by atoms with Crippen LogP contribution in [0.1, 0.15) is 0 Å². The Morgan fingerprint density at radius 3 is 1.12 bits per heavy atom. The van der Waals surface area contributed by atoms with Gasteiger partial charge in [-0.3, -0.25) is 8.42 Å². The van der Waals surface area contributed by atoms with Crippen LogP contribution in [0.3, 0.4) is 0 Å². The molecule has 0 aliphatic carbocycles. The molecule has 0 amide bonds. The molecule has 0 fully saturated rings. The van der Waals surface area contributed by atoms with Crippen molar-refractivity contribution >= 4 is 20.2 Å². The largest absolute Gasteiger partial charge is 1.00 e. The van der Waals surface area contributed by atoms with Crippen molar-refractivity contribution in [2.75, 3.05) is 0 Å². The summed E-state index contributed by atoms with van der Waals surface area (Å²) in [6, 6.07) is 0. The van der Waals surface area contributed by atoms with Crippen LogP contribution in [0.4, 0.5) is 0 Å². The van der Waals surface area contributed by atoms with Crippen molar-refractivity contribution in [3.05, 3.63) is 0 Å². The zero-order chi connectivity index (χ0) is 5.15. The van der Waals surface area contributed by atoms with Gasteiger partial charge in [0, 0.05) is 20.2 Å². The van der Waals surface area contributed by atoms with Crippen molar-refractivity contribution < 1.29 is 65.9 Å². The molecule has 8 heteroatoms. The van der Waals surface area contributed by atoms with E-state index in [1.54, 1.807) is 0 Å². The summed E-state index contributed by atoms with van der Waals surface area (Å²) in [5.41, 5.74) is 0. The quantitative estimate of drug-likeness (QED) is 0.216. The van der Waals surface area contributed by atoms with Gasteiger partial charge in [0.2, 0.25) is 0 Å². The van der Waals surface area contributed by atoms with Crippen LogP contribution in [0.5, 0.6) is 0 Å². The fraction of sp³-hybridized carbons (Fsp3) is 0. The van der Waals surface area contributed by atoms with E-state index in [9.17, 15) is 0 Å². The molecule has 38 valence electrons. The molecule has 0 aliphatic heterocycles. The average molecular weight is 158 g/mol. The van der Waals surface area contributed by atoms with Gasteiger partial charge in [-0.05, 0) is 0 Å². The molecule has 0 aliphatic rings. The average Bonchev–Trinajstić information content (AvgIpc) is 1.36. The summed E-state index contributed by atoms with van der Waals surface area (Å²) in [7, 11) is -5.90. The fourth-order valence-electron chi connectivity index (χ4n) is 0. The molecule has 0 radical (unpaired) electrons. The number of hydrogen-bond donors (Lipinski definition) is 0. The van der Waals surface area contributed by atoms with Crippen molar-refractivity contribution in [2.45, 2.75) is 0 Å². The standard InChI is InChI=1S/Li.Na.H2O4S2/c;;1-5(2)6(3)4/h;;(H,1,2)(H,3,4)/q2*+1;/p-2. The van der Waals surface area contributed by atoms with Gasteiger partial charge in [0.05, 0.1) is 0 Å². The molecule has 0 rings (SSSR count). The Balaban J connectivity index is -0.000000125. The summed E-state index contributed by atoms with van der Waals surface area (Å²) in [5, 5.41) is 0. The first-order valence-corrected chi connectivity index (χ1v) is 3.50. The number of hydrogen-bond acceptors (Lipinski definition) is 4. The van der Waals surface area contributed by atoms with Gasteiger partial charge in [0.15, 0.2) is 0 Å². The van der Waals surface area contributed by atoms with Gasteiger partial charge in [0.25, 0.3) is 0 Å². The molecule has 0 heterocycles. The molecule has 0 saturated carbocycles. The molecular formula is LiNaO4S2. The minimum Gasteiger partial charge on any atom is -0.763 e. The Hall–Kier alpha value is 1.82. The molecule has 0 N–H and O–H groups in total. The van der Waals surface area contributed by atoms with Gasteiger partial charge in [-0.25, -0.2) is 0 Å². The third-order valence-electron chi connectivity index (χ3n) is 0.111. The van der Waals surface area contributed by atoms with Crippen molar-refractivity contribution in [1.82, 2.24) is 0 Å². The molecule has 0 bridgehead atoms. The predicted octanol–water partition coefficient (Wildman–Crippen LogP) is -7.33. The van der Waals surface area contributed by atoms with E-state index in [1.807, 2.05) is 0 Å². The van der Waals surface area contributed by atoms with Crippen LogP contribution in [0.25, 0.3) is 0 Å². The van der Waals surface area contributed by atoms with Crippen molar-refractivity contribution in [3.8, 4) is 0 Å². The van der Waals surface area contributed by atoms with Crippen LogP contribution in [-0.4, -0.2) is 17.5 Å². The fourth-order valence-corrected chi connectivity index (χ4v) is 0. The maximum absolute atomic E-state index is 9.09. The summed E-state index contributed by atoms with van der Waals surface area (Å²) in [5.74, 6) is 0. The third-order valence-corrected chi connectivity index (χ3v) is 1.00. The Labute approximate surface area is 85.2 Å². The van der Waals surface area contributed by atoms with Gasteiger partial charge < -0.3 is 9.11 Å². The van der Waals surface area contributed by atoms with Gasteiger partial charge in [-0.15, -0.1) is 0 Å². The molecule has 0 saturated heterocycles. The molecule has 2 atom stereocenters.